The van der Waals surface area contributed by atoms with Crippen LogP contribution in [0.25, 0.3) is 0 Å². The summed E-state index contributed by atoms with van der Waals surface area (Å²) in [6.45, 7) is 4.14. The molecule has 2 N–H and O–H groups in total. The maximum absolute atomic E-state index is 12.7. The summed E-state index contributed by atoms with van der Waals surface area (Å²) in [5.41, 5.74) is 0.384. The van der Waals surface area contributed by atoms with Crippen LogP contribution >= 0.6 is 0 Å². The minimum absolute atomic E-state index is 0.0650. The van der Waals surface area contributed by atoms with E-state index in [1.54, 1.807) is 0 Å². The van der Waals surface area contributed by atoms with E-state index in [1.807, 2.05) is 30.3 Å². The van der Waals surface area contributed by atoms with Crippen LogP contribution in [-0.2, 0) is 14.3 Å². The molecule has 3 aliphatic rings. The largest absolute Gasteiger partial charge is 0.379 e. The van der Waals surface area contributed by atoms with E-state index in [1.165, 1.54) is 4.90 Å². The van der Waals surface area contributed by atoms with E-state index in [2.05, 4.69) is 15.5 Å². The van der Waals surface area contributed by atoms with Crippen molar-refractivity contribution >= 4 is 17.8 Å². The minimum Gasteiger partial charge on any atom is -0.379 e. The predicted molar refractivity (Wildman–Crippen MR) is 115 cm³/mol. The second-order valence-corrected chi connectivity index (χ2v) is 8.72. The summed E-state index contributed by atoms with van der Waals surface area (Å²) in [6.07, 6.45) is 4.10. The molecule has 1 saturated carbocycles. The normalized spacial score (nSPS) is 22.0. The number of amides is 4. The molecule has 8 heteroatoms. The Balaban J connectivity index is 1.29. The molecule has 31 heavy (non-hydrogen) atoms. The van der Waals surface area contributed by atoms with Crippen LogP contribution in [0.2, 0.25) is 0 Å². The highest BCUT2D eigenvalue weighted by atomic mass is 16.5. The Morgan fingerprint density at radius 1 is 1.13 bits per heavy atom. The number of ether oxygens (including phenoxy) is 1. The molecule has 2 saturated heterocycles. The highest BCUT2D eigenvalue weighted by Gasteiger charge is 2.52. The number of urea groups is 1. The lowest BCUT2D eigenvalue weighted by atomic mass is 9.98. The number of nitrogens with zero attached hydrogens (tertiary/aromatic N) is 2. The van der Waals surface area contributed by atoms with Crippen molar-refractivity contribution in [2.24, 2.45) is 0 Å². The first-order valence-electron chi connectivity index (χ1n) is 11.4. The molecule has 0 bridgehead atoms. The van der Waals surface area contributed by atoms with Gasteiger partial charge in [-0.3, -0.25) is 19.4 Å². The number of hydrogen-bond donors (Lipinski definition) is 2. The highest BCUT2D eigenvalue weighted by molar-refractivity contribution is 6.07. The number of rotatable bonds is 8. The van der Waals surface area contributed by atoms with Gasteiger partial charge in [-0.05, 0) is 24.8 Å². The Morgan fingerprint density at radius 3 is 2.55 bits per heavy atom. The molecular formula is C23H32N4O4. The lowest BCUT2D eigenvalue weighted by molar-refractivity contribution is -0.131. The molecule has 1 aromatic carbocycles. The van der Waals surface area contributed by atoms with Crippen LogP contribution in [-0.4, -0.2) is 72.6 Å². The zero-order valence-corrected chi connectivity index (χ0v) is 18.0. The molecule has 168 valence electrons. The number of hydrogen-bond acceptors (Lipinski definition) is 5. The van der Waals surface area contributed by atoms with E-state index < -0.39 is 5.54 Å². The first kappa shape index (κ1) is 21.8. The number of carbonyl (C=O) groups is 3. The number of morpholine rings is 1. The van der Waals surface area contributed by atoms with Gasteiger partial charge in [-0.2, -0.15) is 0 Å². The number of nitrogens with one attached hydrogen (secondary N) is 2. The fraction of sp³-hybridized carbons (Fsp3) is 0.609. The third-order valence-electron chi connectivity index (χ3n) is 6.57. The van der Waals surface area contributed by atoms with Crippen LogP contribution in [0.3, 0.4) is 0 Å². The van der Waals surface area contributed by atoms with Crippen molar-refractivity contribution < 1.29 is 19.1 Å². The molecule has 1 spiro atoms. The van der Waals surface area contributed by atoms with Gasteiger partial charge in [0.05, 0.1) is 19.3 Å². The topological polar surface area (TPSA) is 91.0 Å². The van der Waals surface area contributed by atoms with Gasteiger partial charge < -0.3 is 15.4 Å². The van der Waals surface area contributed by atoms with Crippen LogP contribution in [0.1, 0.15) is 50.1 Å². The number of imide groups is 1. The first-order valence-corrected chi connectivity index (χ1v) is 11.4. The number of carbonyl (C=O) groups excluding carboxylic acids is 3. The zero-order chi connectivity index (χ0) is 21.7. The summed E-state index contributed by atoms with van der Waals surface area (Å²) in [7, 11) is 0. The number of benzene rings is 1. The van der Waals surface area contributed by atoms with Crippen molar-refractivity contribution in [1.29, 1.82) is 0 Å². The van der Waals surface area contributed by atoms with Crippen LogP contribution in [0.4, 0.5) is 4.79 Å². The molecule has 8 nitrogen and oxygen atoms in total. The van der Waals surface area contributed by atoms with Gasteiger partial charge in [0, 0.05) is 32.6 Å². The van der Waals surface area contributed by atoms with Gasteiger partial charge in [-0.15, -0.1) is 0 Å². The molecule has 2 heterocycles. The fourth-order valence-corrected chi connectivity index (χ4v) is 4.82. The van der Waals surface area contributed by atoms with Crippen molar-refractivity contribution in [2.75, 3.05) is 39.4 Å². The molecule has 0 aromatic heterocycles. The molecule has 1 aromatic rings. The van der Waals surface area contributed by atoms with E-state index in [4.69, 9.17) is 4.74 Å². The smallest absolute Gasteiger partial charge is 0.325 e. The van der Waals surface area contributed by atoms with Gasteiger partial charge in [-0.25, -0.2) is 4.79 Å². The SMILES string of the molecule is O=C(CCCN1C(=O)NC2(CCCC2)C1=O)N[C@@H](CN1CCOCC1)c1ccccc1. The van der Waals surface area contributed by atoms with Crippen molar-refractivity contribution in [3.63, 3.8) is 0 Å². The molecule has 0 unspecified atom stereocenters. The summed E-state index contributed by atoms with van der Waals surface area (Å²) in [5.74, 6) is -0.186. The average Bonchev–Trinajstić information content (AvgIpc) is 3.35. The van der Waals surface area contributed by atoms with E-state index in [9.17, 15) is 14.4 Å². The van der Waals surface area contributed by atoms with Crippen LogP contribution < -0.4 is 10.6 Å². The van der Waals surface area contributed by atoms with Gasteiger partial charge in [-0.1, -0.05) is 43.2 Å². The fourth-order valence-electron chi connectivity index (χ4n) is 4.82. The molecule has 4 amide bonds. The van der Waals surface area contributed by atoms with Gasteiger partial charge in [0.25, 0.3) is 5.91 Å². The Kier molecular flexibility index (Phi) is 6.87. The molecule has 4 rings (SSSR count). The Morgan fingerprint density at radius 2 is 1.84 bits per heavy atom. The van der Waals surface area contributed by atoms with Crippen LogP contribution in [0.15, 0.2) is 30.3 Å². The van der Waals surface area contributed by atoms with E-state index in [-0.39, 0.29) is 36.9 Å². The second-order valence-electron chi connectivity index (χ2n) is 8.72. The van der Waals surface area contributed by atoms with Gasteiger partial charge in [0.1, 0.15) is 5.54 Å². The van der Waals surface area contributed by atoms with Crippen molar-refractivity contribution in [3.8, 4) is 0 Å². The molecule has 3 fully saturated rings. The summed E-state index contributed by atoms with van der Waals surface area (Å²) in [5, 5.41) is 6.04. The summed E-state index contributed by atoms with van der Waals surface area (Å²) < 4.78 is 5.43. The van der Waals surface area contributed by atoms with Crippen LogP contribution in [0.5, 0.6) is 0 Å². The van der Waals surface area contributed by atoms with E-state index >= 15 is 0 Å². The van der Waals surface area contributed by atoms with Gasteiger partial charge >= 0.3 is 6.03 Å². The standard InChI is InChI=1S/C23H32N4O4/c28-20(9-6-12-27-21(29)23(25-22(27)30)10-4-5-11-23)24-19(18-7-2-1-3-8-18)17-26-13-15-31-16-14-26/h1-3,7-8,19H,4-6,9-17H2,(H,24,28)(H,25,30)/t19-/m0/s1. The lowest BCUT2D eigenvalue weighted by Gasteiger charge is -2.31. The predicted octanol–water partition coefficient (Wildman–Crippen LogP) is 1.82. The Labute approximate surface area is 183 Å². The summed E-state index contributed by atoms with van der Waals surface area (Å²) in [6, 6.07) is 9.55. The highest BCUT2D eigenvalue weighted by Crippen LogP contribution is 2.35. The molecular weight excluding hydrogens is 396 g/mol. The maximum Gasteiger partial charge on any atom is 0.325 e. The van der Waals surface area contributed by atoms with E-state index in [0.29, 0.717) is 19.6 Å². The second kappa shape index (κ2) is 9.78. The Hall–Kier alpha value is -2.45. The lowest BCUT2D eigenvalue weighted by Crippen LogP contribution is -2.44. The summed E-state index contributed by atoms with van der Waals surface area (Å²) in [4.78, 5) is 41.3. The van der Waals surface area contributed by atoms with Crippen molar-refractivity contribution in [2.45, 2.75) is 50.1 Å². The van der Waals surface area contributed by atoms with Crippen molar-refractivity contribution in [1.82, 2.24) is 20.4 Å². The maximum atomic E-state index is 12.7. The summed E-state index contributed by atoms with van der Waals surface area (Å²) >= 11 is 0. The van der Waals surface area contributed by atoms with Gasteiger partial charge in [0.2, 0.25) is 5.91 Å². The zero-order valence-electron chi connectivity index (χ0n) is 18.0. The van der Waals surface area contributed by atoms with Gasteiger partial charge in [0.15, 0.2) is 0 Å². The minimum atomic E-state index is -0.685. The molecule has 0 radical (unpaired) electrons. The molecule has 1 atom stereocenters. The monoisotopic (exact) mass is 428 g/mol. The molecule has 2 aliphatic heterocycles. The average molecular weight is 429 g/mol. The first-order chi connectivity index (χ1) is 15.1. The van der Waals surface area contributed by atoms with Crippen molar-refractivity contribution in [3.05, 3.63) is 35.9 Å². The third kappa shape index (κ3) is 5.07. The Bertz CT molecular complexity index is 788. The van der Waals surface area contributed by atoms with E-state index in [0.717, 1.165) is 50.9 Å². The van der Waals surface area contributed by atoms with Crippen LogP contribution in [0, 0.1) is 0 Å². The third-order valence-corrected chi connectivity index (χ3v) is 6.57. The quantitative estimate of drug-likeness (QED) is 0.617. The molecule has 1 aliphatic carbocycles.